The van der Waals surface area contributed by atoms with Crippen LogP contribution >= 0.6 is 0 Å². The molecule has 22 heavy (non-hydrogen) atoms. The summed E-state index contributed by atoms with van der Waals surface area (Å²) in [5.41, 5.74) is 1.45. The molecule has 1 amide bonds. The maximum Gasteiger partial charge on any atom is 0.260 e. The monoisotopic (exact) mass is 297 g/mol. The Labute approximate surface area is 129 Å². The second-order valence-corrected chi connectivity index (χ2v) is 5.76. The van der Waals surface area contributed by atoms with Gasteiger partial charge in [0, 0.05) is 17.9 Å². The lowest BCUT2D eigenvalue weighted by molar-refractivity contribution is 0.0668. The summed E-state index contributed by atoms with van der Waals surface area (Å²) in [6.07, 6.45) is 3.68. The van der Waals surface area contributed by atoms with Crippen LogP contribution in [0.4, 0.5) is 0 Å². The molecule has 0 radical (unpaired) electrons. The second kappa shape index (κ2) is 5.75. The van der Waals surface area contributed by atoms with E-state index in [2.05, 4.69) is 9.97 Å². The zero-order valence-corrected chi connectivity index (χ0v) is 12.7. The number of nitrogens with one attached hydrogen (secondary N) is 1. The van der Waals surface area contributed by atoms with Gasteiger partial charge in [-0.3, -0.25) is 14.6 Å². The molecule has 1 aliphatic rings. The van der Waals surface area contributed by atoms with E-state index in [0.717, 1.165) is 24.2 Å². The normalized spacial score (nSPS) is 15.4. The third-order valence-electron chi connectivity index (χ3n) is 3.99. The molecule has 5 nitrogen and oxygen atoms in total. The third kappa shape index (κ3) is 2.79. The zero-order valence-electron chi connectivity index (χ0n) is 12.7. The predicted octanol–water partition coefficient (Wildman–Crippen LogP) is 2.44. The van der Waals surface area contributed by atoms with E-state index < -0.39 is 0 Å². The molecule has 2 aromatic rings. The van der Waals surface area contributed by atoms with E-state index in [9.17, 15) is 9.59 Å². The van der Waals surface area contributed by atoms with Gasteiger partial charge >= 0.3 is 0 Å². The van der Waals surface area contributed by atoms with Crippen LogP contribution in [0.2, 0.25) is 0 Å². The van der Waals surface area contributed by atoms with Gasteiger partial charge in [0.1, 0.15) is 5.56 Å². The van der Waals surface area contributed by atoms with Crippen LogP contribution in [0.15, 0.2) is 41.3 Å². The van der Waals surface area contributed by atoms with E-state index in [1.165, 1.54) is 0 Å². The van der Waals surface area contributed by atoms with Gasteiger partial charge < -0.3 is 9.88 Å². The van der Waals surface area contributed by atoms with Crippen molar-refractivity contribution in [2.24, 2.45) is 0 Å². The Balaban J connectivity index is 1.94. The molecule has 0 aliphatic heterocycles. The van der Waals surface area contributed by atoms with Crippen LogP contribution in [-0.2, 0) is 0 Å². The topological polar surface area (TPSA) is 66.1 Å². The summed E-state index contributed by atoms with van der Waals surface area (Å²) < 4.78 is 0. The number of aromatic amines is 1. The van der Waals surface area contributed by atoms with Crippen molar-refractivity contribution in [3.8, 4) is 0 Å². The van der Waals surface area contributed by atoms with E-state index in [4.69, 9.17) is 0 Å². The largest absolute Gasteiger partial charge is 0.327 e. The van der Waals surface area contributed by atoms with E-state index in [1.807, 2.05) is 25.1 Å². The molecule has 114 valence electrons. The Morgan fingerprint density at radius 1 is 1.32 bits per heavy atom. The molecule has 3 rings (SSSR count). The third-order valence-corrected chi connectivity index (χ3v) is 3.99. The van der Waals surface area contributed by atoms with Crippen molar-refractivity contribution in [2.75, 3.05) is 0 Å². The lowest BCUT2D eigenvalue weighted by atomic mass is 10.1. The van der Waals surface area contributed by atoms with E-state index in [1.54, 1.807) is 30.2 Å². The minimum absolute atomic E-state index is 0.151. The van der Waals surface area contributed by atoms with Crippen LogP contribution in [-0.4, -0.2) is 26.8 Å². The Kier molecular flexibility index (Phi) is 3.79. The highest BCUT2D eigenvalue weighted by Crippen LogP contribution is 2.34. The molecule has 5 heteroatoms. The lowest BCUT2D eigenvalue weighted by Gasteiger charge is -2.28. The first-order valence-electron chi connectivity index (χ1n) is 7.51. The number of carbonyl (C=O) groups is 1. The molecule has 1 aliphatic carbocycles. The molecular weight excluding hydrogens is 278 g/mol. The maximum absolute atomic E-state index is 12.9. The van der Waals surface area contributed by atoms with Gasteiger partial charge in [-0.05, 0) is 51.0 Å². The molecule has 0 bridgehead atoms. The lowest BCUT2D eigenvalue weighted by Crippen LogP contribution is -2.38. The summed E-state index contributed by atoms with van der Waals surface area (Å²) >= 11 is 0. The fourth-order valence-corrected chi connectivity index (χ4v) is 2.66. The van der Waals surface area contributed by atoms with Crippen LogP contribution in [0.5, 0.6) is 0 Å². The first-order chi connectivity index (χ1) is 10.6. The van der Waals surface area contributed by atoms with Gasteiger partial charge in [0.05, 0.1) is 11.7 Å². The zero-order chi connectivity index (χ0) is 15.7. The van der Waals surface area contributed by atoms with Crippen molar-refractivity contribution in [1.29, 1.82) is 0 Å². The average molecular weight is 297 g/mol. The molecule has 0 unspecified atom stereocenters. The number of hydrogen-bond donors (Lipinski definition) is 1. The SMILES string of the molecule is Cc1ccc(C(=O)N(C2CC2)[C@H](C)c2ccccn2)c(=O)[nH]1. The summed E-state index contributed by atoms with van der Waals surface area (Å²) in [5.74, 6) is -0.220. The molecule has 2 aromatic heterocycles. The van der Waals surface area contributed by atoms with Gasteiger partial charge in [0.15, 0.2) is 0 Å². The molecular formula is C17H19N3O2. The van der Waals surface area contributed by atoms with E-state index in [0.29, 0.717) is 0 Å². The number of H-pyrrole nitrogens is 1. The molecule has 1 fully saturated rings. The number of carbonyl (C=O) groups excluding carboxylic acids is 1. The summed E-state index contributed by atoms with van der Waals surface area (Å²) in [4.78, 5) is 33.8. The van der Waals surface area contributed by atoms with Gasteiger partial charge in [-0.25, -0.2) is 0 Å². The summed E-state index contributed by atoms with van der Waals surface area (Å²) in [6.45, 7) is 3.76. The van der Waals surface area contributed by atoms with Crippen LogP contribution in [0.25, 0.3) is 0 Å². The maximum atomic E-state index is 12.9. The standard InChI is InChI=1S/C17H19N3O2/c1-11-6-9-14(16(21)19-11)17(22)20(13-7-8-13)12(2)15-5-3-4-10-18-15/h3-6,9-10,12-13H,7-8H2,1-2H3,(H,19,21)/t12-/m1/s1. The van der Waals surface area contributed by atoms with Crippen LogP contribution < -0.4 is 5.56 Å². The highest BCUT2D eigenvalue weighted by molar-refractivity contribution is 5.94. The van der Waals surface area contributed by atoms with E-state index in [-0.39, 0.29) is 29.1 Å². The molecule has 1 atom stereocenters. The number of aryl methyl sites for hydroxylation is 1. The Morgan fingerprint density at radius 3 is 2.68 bits per heavy atom. The first kappa shape index (κ1) is 14.5. The molecule has 0 aromatic carbocycles. The molecule has 0 saturated heterocycles. The highest BCUT2D eigenvalue weighted by atomic mass is 16.2. The van der Waals surface area contributed by atoms with Crippen LogP contribution in [0.3, 0.4) is 0 Å². The number of hydrogen-bond acceptors (Lipinski definition) is 3. The smallest absolute Gasteiger partial charge is 0.260 e. The summed E-state index contributed by atoms with van der Waals surface area (Å²) in [6, 6.07) is 9.08. The van der Waals surface area contributed by atoms with Crippen LogP contribution in [0, 0.1) is 6.92 Å². The number of aromatic nitrogens is 2. The van der Waals surface area contributed by atoms with Gasteiger partial charge in [0.2, 0.25) is 0 Å². The Hall–Kier alpha value is -2.43. The quantitative estimate of drug-likeness (QED) is 0.942. The van der Waals surface area contributed by atoms with E-state index >= 15 is 0 Å². The number of rotatable bonds is 4. The van der Waals surface area contributed by atoms with Gasteiger partial charge in [-0.15, -0.1) is 0 Å². The molecule has 0 spiro atoms. The molecule has 2 heterocycles. The Morgan fingerprint density at radius 2 is 2.09 bits per heavy atom. The Bertz CT molecular complexity index is 735. The average Bonchev–Trinajstić information content (AvgIpc) is 3.33. The van der Waals surface area contributed by atoms with Crippen molar-refractivity contribution < 1.29 is 4.79 Å². The number of pyridine rings is 2. The van der Waals surface area contributed by atoms with Crippen molar-refractivity contribution in [2.45, 2.75) is 38.8 Å². The number of amides is 1. The van der Waals surface area contributed by atoms with Crippen LogP contribution in [0.1, 0.15) is 47.6 Å². The van der Waals surface area contributed by atoms with Crippen molar-refractivity contribution >= 4 is 5.91 Å². The summed E-state index contributed by atoms with van der Waals surface area (Å²) in [5, 5.41) is 0. The van der Waals surface area contributed by atoms with Crippen molar-refractivity contribution in [3.63, 3.8) is 0 Å². The highest BCUT2D eigenvalue weighted by Gasteiger charge is 2.37. The number of nitrogens with zero attached hydrogens (tertiary/aromatic N) is 2. The van der Waals surface area contributed by atoms with Gasteiger partial charge in [-0.1, -0.05) is 6.07 Å². The van der Waals surface area contributed by atoms with Gasteiger partial charge in [0.25, 0.3) is 11.5 Å². The fraction of sp³-hybridized carbons (Fsp3) is 0.353. The van der Waals surface area contributed by atoms with Crippen molar-refractivity contribution in [3.05, 3.63) is 63.8 Å². The minimum Gasteiger partial charge on any atom is -0.327 e. The minimum atomic E-state index is -0.330. The summed E-state index contributed by atoms with van der Waals surface area (Å²) in [7, 11) is 0. The molecule has 1 N–H and O–H groups in total. The van der Waals surface area contributed by atoms with Crippen molar-refractivity contribution in [1.82, 2.24) is 14.9 Å². The van der Waals surface area contributed by atoms with Gasteiger partial charge in [-0.2, -0.15) is 0 Å². The second-order valence-electron chi connectivity index (χ2n) is 5.76. The first-order valence-corrected chi connectivity index (χ1v) is 7.51. The fourth-order valence-electron chi connectivity index (χ4n) is 2.66. The predicted molar refractivity (Wildman–Crippen MR) is 83.6 cm³/mol. The molecule has 1 saturated carbocycles.